The van der Waals surface area contributed by atoms with E-state index >= 15 is 0 Å². The van der Waals surface area contributed by atoms with Gasteiger partial charge < -0.3 is 4.98 Å². The first-order valence-corrected chi connectivity index (χ1v) is 10.3. The minimum absolute atomic E-state index is 0.109. The predicted molar refractivity (Wildman–Crippen MR) is 104 cm³/mol. The molecule has 0 unspecified atom stereocenters. The van der Waals surface area contributed by atoms with Crippen LogP contribution in [-0.4, -0.2) is 38.5 Å². The largest absolute Gasteiger partial charge is 0.391 e. The number of fused-ring (bicyclic) bond motifs is 1. The molecule has 3 aromatic heterocycles. The monoisotopic (exact) mass is 426 g/mol. The fourth-order valence-corrected chi connectivity index (χ4v) is 5.02. The van der Waals surface area contributed by atoms with Crippen molar-refractivity contribution in [1.29, 1.82) is 0 Å². The Morgan fingerprint density at radius 2 is 2.04 bits per heavy atom. The molecule has 0 saturated carbocycles. The number of alkyl halides is 3. The first-order chi connectivity index (χ1) is 13.3. The zero-order chi connectivity index (χ0) is 19.9. The summed E-state index contributed by atoms with van der Waals surface area (Å²) >= 11 is 2.80. The molecule has 28 heavy (non-hydrogen) atoms. The van der Waals surface area contributed by atoms with E-state index in [2.05, 4.69) is 15.0 Å². The Morgan fingerprint density at radius 3 is 2.75 bits per heavy atom. The number of aromatic nitrogens is 3. The third kappa shape index (κ3) is 4.08. The van der Waals surface area contributed by atoms with Gasteiger partial charge in [0, 0.05) is 29.1 Å². The van der Waals surface area contributed by atoms with Gasteiger partial charge in [0.1, 0.15) is 10.4 Å². The van der Waals surface area contributed by atoms with Crippen LogP contribution in [0.15, 0.2) is 34.1 Å². The molecule has 0 atom stereocenters. The molecule has 5 nitrogen and oxygen atoms in total. The van der Waals surface area contributed by atoms with E-state index in [4.69, 9.17) is 0 Å². The Bertz CT molecular complexity index is 1050. The first kappa shape index (κ1) is 19.4. The van der Waals surface area contributed by atoms with Gasteiger partial charge in [0.25, 0.3) is 5.56 Å². The molecule has 3 aromatic rings. The molecule has 0 spiro atoms. The van der Waals surface area contributed by atoms with Crippen LogP contribution in [0.2, 0.25) is 0 Å². The molecular weight excluding hydrogens is 409 g/mol. The number of hydrogen-bond acceptors (Lipinski definition) is 6. The van der Waals surface area contributed by atoms with Gasteiger partial charge >= 0.3 is 6.18 Å². The molecule has 0 bridgehead atoms. The van der Waals surface area contributed by atoms with Gasteiger partial charge in [0.15, 0.2) is 5.82 Å². The van der Waals surface area contributed by atoms with Crippen LogP contribution in [0.5, 0.6) is 0 Å². The van der Waals surface area contributed by atoms with Crippen LogP contribution in [-0.2, 0) is 0 Å². The summed E-state index contributed by atoms with van der Waals surface area (Å²) in [5, 5.41) is 0. The number of nitrogens with zero attached hydrogens (tertiary/aromatic N) is 3. The quantitative estimate of drug-likeness (QED) is 0.619. The number of halogens is 3. The molecule has 0 radical (unpaired) electrons. The molecule has 0 aromatic carbocycles. The molecule has 1 N–H and O–H groups in total. The van der Waals surface area contributed by atoms with E-state index < -0.39 is 12.1 Å². The van der Waals surface area contributed by atoms with Crippen molar-refractivity contribution in [2.24, 2.45) is 5.92 Å². The number of nitrogens with one attached hydrogen (secondary N) is 1. The van der Waals surface area contributed by atoms with Gasteiger partial charge in [-0.25, -0.2) is 9.29 Å². The van der Waals surface area contributed by atoms with E-state index in [0.717, 1.165) is 9.77 Å². The Balaban J connectivity index is 1.52. The lowest BCUT2D eigenvalue weighted by molar-refractivity contribution is -0.182. The highest BCUT2D eigenvalue weighted by atomic mass is 32.2. The van der Waals surface area contributed by atoms with Crippen LogP contribution in [0.4, 0.5) is 13.2 Å². The zero-order valence-corrected chi connectivity index (χ0v) is 16.5. The third-order valence-electron chi connectivity index (χ3n) is 4.63. The summed E-state index contributed by atoms with van der Waals surface area (Å²) in [5.74, 6) is -0.832. The van der Waals surface area contributed by atoms with Gasteiger partial charge in [0.05, 0.1) is 11.4 Å². The van der Waals surface area contributed by atoms with E-state index in [-0.39, 0.29) is 18.4 Å². The van der Waals surface area contributed by atoms with Gasteiger partial charge in [-0.2, -0.15) is 13.2 Å². The smallest absolute Gasteiger partial charge is 0.304 e. The molecular formula is C18H17F3N4OS2. The molecule has 1 saturated heterocycles. The Kier molecular flexibility index (Phi) is 5.19. The molecule has 1 aliphatic rings. The van der Waals surface area contributed by atoms with Crippen LogP contribution in [0.25, 0.3) is 21.7 Å². The second-order valence-corrected chi connectivity index (χ2v) is 9.13. The minimum atomic E-state index is -4.11. The average Bonchev–Trinajstić information content (AvgIpc) is 3.03. The van der Waals surface area contributed by atoms with Gasteiger partial charge in [0.2, 0.25) is 0 Å². The third-order valence-corrected chi connectivity index (χ3v) is 6.76. The van der Waals surface area contributed by atoms with Crippen molar-refractivity contribution in [3.63, 3.8) is 0 Å². The highest BCUT2D eigenvalue weighted by Gasteiger charge is 2.41. The number of rotatable bonds is 3. The van der Waals surface area contributed by atoms with Crippen molar-refractivity contribution in [2.75, 3.05) is 13.1 Å². The summed E-state index contributed by atoms with van der Waals surface area (Å²) in [6.07, 6.45) is -2.28. The van der Waals surface area contributed by atoms with Crippen molar-refractivity contribution in [3.05, 3.63) is 39.6 Å². The van der Waals surface area contributed by atoms with Crippen molar-refractivity contribution < 1.29 is 13.2 Å². The number of aromatic amines is 1. The highest BCUT2D eigenvalue weighted by molar-refractivity contribution is 7.97. The van der Waals surface area contributed by atoms with E-state index in [9.17, 15) is 18.0 Å². The standard InChI is InChI=1S/C18H17F3N4OS2/c1-10-8-13-15(27-10)17(26)24-16(23-13)14-9-12(2-5-22-14)28-25-6-3-11(4-7-25)18(19,20)21/h2,5,8-9,11H,3-4,6-7H2,1H3,(H,23,24,26). The van der Waals surface area contributed by atoms with E-state index in [1.807, 2.05) is 17.3 Å². The van der Waals surface area contributed by atoms with Gasteiger partial charge in [-0.1, -0.05) is 0 Å². The van der Waals surface area contributed by atoms with Crippen molar-refractivity contribution in [2.45, 2.75) is 30.8 Å². The predicted octanol–water partition coefficient (Wildman–Crippen LogP) is 4.64. The highest BCUT2D eigenvalue weighted by Crippen LogP contribution is 2.37. The number of H-pyrrole nitrogens is 1. The summed E-state index contributed by atoms with van der Waals surface area (Å²) < 4.78 is 41.0. The van der Waals surface area contributed by atoms with Crippen molar-refractivity contribution >= 4 is 33.5 Å². The maximum atomic E-state index is 12.8. The number of hydrogen-bond donors (Lipinski definition) is 1. The number of piperidine rings is 1. The van der Waals surface area contributed by atoms with Gasteiger partial charge in [-0.3, -0.25) is 9.78 Å². The van der Waals surface area contributed by atoms with E-state index in [1.165, 1.54) is 23.3 Å². The Morgan fingerprint density at radius 1 is 1.29 bits per heavy atom. The molecule has 0 aliphatic carbocycles. The number of aryl methyl sites for hydroxylation is 1. The van der Waals surface area contributed by atoms with Crippen LogP contribution < -0.4 is 5.56 Å². The summed E-state index contributed by atoms with van der Waals surface area (Å²) in [7, 11) is 0. The Labute approximate surface area is 167 Å². The fourth-order valence-electron chi connectivity index (χ4n) is 3.20. The lowest BCUT2D eigenvalue weighted by atomic mass is 9.98. The molecule has 148 valence electrons. The van der Waals surface area contributed by atoms with Gasteiger partial charge in [-0.05, 0) is 49.9 Å². The number of thiophene rings is 1. The zero-order valence-electron chi connectivity index (χ0n) is 14.9. The molecule has 0 amide bonds. The summed E-state index contributed by atoms with van der Waals surface area (Å²) in [5.41, 5.74) is 0.959. The van der Waals surface area contributed by atoms with Crippen LogP contribution in [0.3, 0.4) is 0 Å². The second-order valence-electron chi connectivity index (χ2n) is 6.70. The normalized spacial score (nSPS) is 16.7. The number of pyridine rings is 1. The topological polar surface area (TPSA) is 61.9 Å². The van der Waals surface area contributed by atoms with Crippen LogP contribution in [0, 0.1) is 12.8 Å². The molecule has 1 aliphatic heterocycles. The lowest BCUT2D eigenvalue weighted by Crippen LogP contribution is -2.35. The maximum absolute atomic E-state index is 12.8. The average molecular weight is 426 g/mol. The Hall–Kier alpha value is -1.91. The second kappa shape index (κ2) is 7.49. The van der Waals surface area contributed by atoms with Gasteiger partial charge in [-0.15, -0.1) is 11.3 Å². The maximum Gasteiger partial charge on any atom is 0.391 e. The van der Waals surface area contributed by atoms with E-state index in [1.54, 1.807) is 18.3 Å². The van der Waals surface area contributed by atoms with Crippen molar-refractivity contribution in [3.8, 4) is 11.5 Å². The van der Waals surface area contributed by atoms with Crippen molar-refractivity contribution in [1.82, 2.24) is 19.3 Å². The fraction of sp³-hybridized carbons (Fsp3) is 0.389. The summed E-state index contributed by atoms with van der Waals surface area (Å²) in [6.45, 7) is 2.67. The summed E-state index contributed by atoms with van der Waals surface area (Å²) in [4.78, 5) is 25.7. The minimum Gasteiger partial charge on any atom is -0.304 e. The van der Waals surface area contributed by atoms with Crippen LogP contribution >= 0.6 is 23.3 Å². The molecule has 4 heterocycles. The van der Waals surface area contributed by atoms with E-state index in [0.29, 0.717) is 34.8 Å². The molecule has 10 heteroatoms. The molecule has 4 rings (SSSR count). The summed E-state index contributed by atoms with van der Waals surface area (Å²) in [6, 6.07) is 5.46. The van der Waals surface area contributed by atoms with Crippen LogP contribution in [0.1, 0.15) is 17.7 Å². The molecule has 1 fully saturated rings. The lowest BCUT2D eigenvalue weighted by Gasteiger charge is -2.31. The first-order valence-electron chi connectivity index (χ1n) is 8.76. The SMILES string of the molecule is Cc1cc2nc(-c3cc(SN4CCC(C(F)(F)F)CC4)ccn3)[nH]c(=O)c2s1.